The molecular formula is C10H16N4. The van der Waals surface area contributed by atoms with E-state index in [4.69, 9.17) is 5.73 Å². The van der Waals surface area contributed by atoms with E-state index in [0.29, 0.717) is 6.54 Å². The van der Waals surface area contributed by atoms with Crippen molar-refractivity contribution in [2.75, 3.05) is 11.9 Å². The number of aromatic nitrogens is 2. The molecule has 3 N–H and O–H groups in total. The van der Waals surface area contributed by atoms with Crippen molar-refractivity contribution in [3.8, 4) is 0 Å². The fourth-order valence-corrected chi connectivity index (χ4v) is 1.85. The molecule has 2 rings (SSSR count). The number of fused-ring (bicyclic) bond motifs is 1. The van der Waals surface area contributed by atoms with Crippen LogP contribution in [0.15, 0.2) is 6.33 Å². The van der Waals surface area contributed by atoms with Crippen molar-refractivity contribution >= 4 is 5.82 Å². The first kappa shape index (κ1) is 9.40. The fourth-order valence-electron chi connectivity index (χ4n) is 1.85. The minimum atomic E-state index is 0.506. The van der Waals surface area contributed by atoms with Crippen molar-refractivity contribution in [1.82, 2.24) is 9.97 Å². The predicted molar refractivity (Wildman–Crippen MR) is 56.0 cm³/mol. The Hall–Kier alpha value is -1.16. The van der Waals surface area contributed by atoms with Gasteiger partial charge in [0, 0.05) is 18.7 Å². The molecule has 1 aromatic rings. The van der Waals surface area contributed by atoms with Gasteiger partial charge in [-0.15, -0.1) is 0 Å². The van der Waals surface area contributed by atoms with Gasteiger partial charge in [0.1, 0.15) is 12.1 Å². The molecule has 0 bridgehead atoms. The summed E-state index contributed by atoms with van der Waals surface area (Å²) in [6, 6.07) is 0. The zero-order chi connectivity index (χ0) is 9.80. The highest BCUT2D eigenvalue weighted by Gasteiger charge is 2.11. The van der Waals surface area contributed by atoms with E-state index in [1.54, 1.807) is 6.33 Å². The normalized spacial score (nSPS) is 16.4. The molecule has 0 saturated carbocycles. The SMILES string of the molecule is NCc1ncnc2c1CCCCCN2. The molecular weight excluding hydrogens is 176 g/mol. The molecule has 0 saturated heterocycles. The number of nitrogens with two attached hydrogens (primary N) is 1. The highest BCUT2D eigenvalue weighted by Crippen LogP contribution is 2.20. The lowest BCUT2D eigenvalue weighted by Gasteiger charge is -2.16. The number of nitrogens with zero attached hydrogens (tertiary/aromatic N) is 2. The van der Waals surface area contributed by atoms with E-state index in [2.05, 4.69) is 15.3 Å². The predicted octanol–water partition coefficient (Wildman–Crippen LogP) is 1.07. The topological polar surface area (TPSA) is 63.8 Å². The van der Waals surface area contributed by atoms with Crippen LogP contribution >= 0.6 is 0 Å². The first-order chi connectivity index (χ1) is 6.92. The second-order valence-corrected chi connectivity index (χ2v) is 3.59. The van der Waals surface area contributed by atoms with Gasteiger partial charge in [0.05, 0.1) is 5.69 Å². The van der Waals surface area contributed by atoms with Crippen molar-refractivity contribution in [1.29, 1.82) is 0 Å². The summed E-state index contributed by atoms with van der Waals surface area (Å²) in [6.07, 6.45) is 6.35. The molecule has 4 nitrogen and oxygen atoms in total. The van der Waals surface area contributed by atoms with Gasteiger partial charge in [-0.25, -0.2) is 9.97 Å². The number of hydrogen-bond donors (Lipinski definition) is 2. The van der Waals surface area contributed by atoms with Crippen molar-refractivity contribution in [2.45, 2.75) is 32.2 Å². The standard InChI is InChI=1S/C10H16N4/c11-6-9-8-4-2-1-3-5-12-10(8)14-7-13-9/h7H,1-6,11H2,(H,12,13,14). The molecule has 0 fully saturated rings. The van der Waals surface area contributed by atoms with Crippen molar-refractivity contribution < 1.29 is 0 Å². The summed E-state index contributed by atoms with van der Waals surface area (Å²) in [5.74, 6) is 0.986. The van der Waals surface area contributed by atoms with Gasteiger partial charge < -0.3 is 11.1 Å². The third-order valence-electron chi connectivity index (χ3n) is 2.62. The van der Waals surface area contributed by atoms with E-state index in [1.807, 2.05) is 0 Å². The Morgan fingerprint density at radius 1 is 1.29 bits per heavy atom. The van der Waals surface area contributed by atoms with Crippen LogP contribution in [0.25, 0.3) is 0 Å². The molecule has 0 radical (unpaired) electrons. The molecule has 0 aromatic carbocycles. The lowest BCUT2D eigenvalue weighted by atomic mass is 10.0. The van der Waals surface area contributed by atoms with Gasteiger partial charge in [0.2, 0.25) is 0 Å². The van der Waals surface area contributed by atoms with Crippen LogP contribution in [0, 0.1) is 0 Å². The average molecular weight is 192 g/mol. The quantitative estimate of drug-likeness (QED) is 0.698. The van der Waals surface area contributed by atoms with Crippen LogP contribution in [-0.2, 0) is 13.0 Å². The molecule has 0 aliphatic carbocycles. The summed E-state index contributed by atoms with van der Waals surface area (Å²) >= 11 is 0. The summed E-state index contributed by atoms with van der Waals surface area (Å²) in [7, 11) is 0. The van der Waals surface area contributed by atoms with Gasteiger partial charge in [0.15, 0.2) is 0 Å². The first-order valence-electron chi connectivity index (χ1n) is 5.18. The Morgan fingerprint density at radius 3 is 3.07 bits per heavy atom. The second kappa shape index (κ2) is 4.37. The van der Waals surface area contributed by atoms with Crippen LogP contribution in [0.4, 0.5) is 5.82 Å². The molecule has 14 heavy (non-hydrogen) atoms. The van der Waals surface area contributed by atoms with Gasteiger partial charge in [0.25, 0.3) is 0 Å². The van der Waals surface area contributed by atoms with Crippen LogP contribution in [-0.4, -0.2) is 16.5 Å². The fraction of sp³-hybridized carbons (Fsp3) is 0.600. The Balaban J connectivity index is 2.33. The van der Waals surface area contributed by atoms with Gasteiger partial charge in [-0.1, -0.05) is 6.42 Å². The lowest BCUT2D eigenvalue weighted by molar-refractivity contribution is 0.674. The molecule has 0 spiro atoms. The van der Waals surface area contributed by atoms with Gasteiger partial charge in [-0.2, -0.15) is 0 Å². The Labute approximate surface area is 83.9 Å². The van der Waals surface area contributed by atoms with E-state index in [0.717, 1.165) is 24.5 Å². The van der Waals surface area contributed by atoms with Crippen LogP contribution < -0.4 is 11.1 Å². The first-order valence-corrected chi connectivity index (χ1v) is 5.18. The van der Waals surface area contributed by atoms with Crippen LogP contribution in [0.3, 0.4) is 0 Å². The smallest absolute Gasteiger partial charge is 0.132 e. The van der Waals surface area contributed by atoms with E-state index in [1.165, 1.54) is 24.8 Å². The van der Waals surface area contributed by atoms with Gasteiger partial charge >= 0.3 is 0 Å². The van der Waals surface area contributed by atoms with Crippen LogP contribution in [0.1, 0.15) is 30.5 Å². The summed E-state index contributed by atoms with van der Waals surface area (Å²) in [5, 5.41) is 3.33. The summed E-state index contributed by atoms with van der Waals surface area (Å²) in [4.78, 5) is 8.46. The number of anilines is 1. The molecule has 0 unspecified atom stereocenters. The third kappa shape index (κ3) is 1.85. The highest BCUT2D eigenvalue weighted by molar-refractivity contribution is 5.46. The van der Waals surface area contributed by atoms with E-state index in [9.17, 15) is 0 Å². The van der Waals surface area contributed by atoms with Gasteiger partial charge in [-0.3, -0.25) is 0 Å². The third-order valence-corrected chi connectivity index (χ3v) is 2.62. The second-order valence-electron chi connectivity index (χ2n) is 3.59. The summed E-state index contributed by atoms with van der Waals surface area (Å²) < 4.78 is 0. The molecule has 1 aromatic heterocycles. The number of hydrogen-bond acceptors (Lipinski definition) is 4. The number of rotatable bonds is 1. The maximum atomic E-state index is 5.65. The minimum absolute atomic E-state index is 0.506. The molecule has 0 amide bonds. The van der Waals surface area contributed by atoms with E-state index in [-0.39, 0.29) is 0 Å². The molecule has 2 heterocycles. The highest BCUT2D eigenvalue weighted by atomic mass is 15.0. The van der Waals surface area contributed by atoms with Crippen molar-refractivity contribution in [2.24, 2.45) is 5.73 Å². The number of nitrogens with one attached hydrogen (secondary N) is 1. The average Bonchev–Trinajstić information content (AvgIpc) is 2.18. The maximum absolute atomic E-state index is 5.65. The zero-order valence-electron chi connectivity index (χ0n) is 8.29. The van der Waals surface area contributed by atoms with E-state index >= 15 is 0 Å². The maximum Gasteiger partial charge on any atom is 0.132 e. The lowest BCUT2D eigenvalue weighted by Crippen LogP contribution is -2.14. The van der Waals surface area contributed by atoms with Crippen LogP contribution in [0.5, 0.6) is 0 Å². The molecule has 1 aliphatic rings. The summed E-state index contributed by atoms with van der Waals surface area (Å²) in [6.45, 7) is 1.51. The Bertz CT molecular complexity index is 311. The molecule has 0 atom stereocenters. The molecule has 76 valence electrons. The van der Waals surface area contributed by atoms with Crippen molar-refractivity contribution in [3.63, 3.8) is 0 Å². The van der Waals surface area contributed by atoms with Crippen molar-refractivity contribution in [3.05, 3.63) is 17.6 Å². The monoisotopic (exact) mass is 192 g/mol. The zero-order valence-corrected chi connectivity index (χ0v) is 8.29. The van der Waals surface area contributed by atoms with Crippen LogP contribution in [0.2, 0.25) is 0 Å². The Kier molecular flexibility index (Phi) is 2.93. The minimum Gasteiger partial charge on any atom is -0.370 e. The molecule has 4 heteroatoms. The Morgan fingerprint density at radius 2 is 2.21 bits per heavy atom. The largest absolute Gasteiger partial charge is 0.370 e. The molecule has 1 aliphatic heterocycles. The van der Waals surface area contributed by atoms with E-state index < -0.39 is 0 Å². The van der Waals surface area contributed by atoms with Gasteiger partial charge in [-0.05, 0) is 19.3 Å². The summed E-state index contributed by atoms with van der Waals surface area (Å²) in [5.41, 5.74) is 7.85.